The van der Waals surface area contributed by atoms with Crippen molar-refractivity contribution < 1.29 is 9.21 Å². The minimum Gasteiger partial charge on any atom is -0.467 e. The van der Waals surface area contributed by atoms with Crippen molar-refractivity contribution in [2.45, 2.75) is 17.9 Å². The van der Waals surface area contributed by atoms with Crippen molar-refractivity contribution in [3.8, 4) is 0 Å². The zero-order valence-corrected chi connectivity index (χ0v) is 11.3. The van der Waals surface area contributed by atoms with E-state index in [1.54, 1.807) is 24.6 Å². The van der Waals surface area contributed by atoms with Crippen molar-refractivity contribution in [1.82, 2.24) is 10.3 Å². The third-order valence-electron chi connectivity index (χ3n) is 2.48. The van der Waals surface area contributed by atoms with Crippen molar-refractivity contribution in [2.75, 3.05) is 11.5 Å². The molecule has 1 amide bonds. The Morgan fingerprint density at radius 3 is 3.00 bits per heavy atom. The Bertz CT molecular complexity index is 525. The molecule has 0 aliphatic carbocycles. The van der Waals surface area contributed by atoms with Crippen LogP contribution in [0.2, 0.25) is 0 Å². The first kappa shape index (κ1) is 13.5. The molecule has 0 saturated carbocycles. The molecular weight excluding hydrogens is 262 g/mol. The Morgan fingerprint density at radius 1 is 1.53 bits per heavy atom. The quantitative estimate of drug-likeness (QED) is 0.819. The van der Waals surface area contributed by atoms with E-state index < -0.39 is 0 Å². The lowest BCUT2D eigenvalue weighted by Gasteiger charge is -2.11. The lowest BCUT2D eigenvalue weighted by atomic mass is 10.2. The fraction of sp³-hybridized carbons (Fsp3) is 0.231. The molecule has 0 fully saturated rings. The summed E-state index contributed by atoms with van der Waals surface area (Å²) in [5.41, 5.74) is 5.49. The lowest BCUT2D eigenvalue weighted by Crippen LogP contribution is -2.27. The highest BCUT2D eigenvalue weighted by atomic mass is 32.2. The first-order valence-electron chi connectivity index (χ1n) is 5.82. The number of pyridine rings is 1. The highest BCUT2D eigenvalue weighted by Crippen LogP contribution is 2.18. The molecule has 1 atom stereocenters. The molecule has 0 aliphatic heterocycles. The van der Waals surface area contributed by atoms with Crippen molar-refractivity contribution in [3.05, 3.63) is 42.5 Å². The molecule has 5 nitrogen and oxygen atoms in total. The summed E-state index contributed by atoms with van der Waals surface area (Å²) in [6, 6.07) is 7.06. The summed E-state index contributed by atoms with van der Waals surface area (Å²) in [7, 11) is 0. The van der Waals surface area contributed by atoms with E-state index in [0.29, 0.717) is 11.6 Å². The molecule has 1 unspecified atom stereocenters. The maximum Gasteiger partial charge on any atom is 0.230 e. The number of nitrogens with one attached hydrogen (secondary N) is 1. The largest absolute Gasteiger partial charge is 0.467 e. The van der Waals surface area contributed by atoms with Gasteiger partial charge in [0.1, 0.15) is 11.6 Å². The van der Waals surface area contributed by atoms with E-state index in [9.17, 15) is 4.79 Å². The van der Waals surface area contributed by atoms with Crippen LogP contribution >= 0.6 is 11.8 Å². The monoisotopic (exact) mass is 277 g/mol. The predicted molar refractivity (Wildman–Crippen MR) is 74.6 cm³/mol. The Kier molecular flexibility index (Phi) is 4.46. The summed E-state index contributed by atoms with van der Waals surface area (Å²) in [4.78, 5) is 16.7. The van der Waals surface area contributed by atoms with Gasteiger partial charge in [0.2, 0.25) is 5.91 Å². The fourth-order valence-corrected chi connectivity index (χ4v) is 2.19. The van der Waals surface area contributed by atoms with Gasteiger partial charge in [0, 0.05) is 11.1 Å². The van der Waals surface area contributed by atoms with Crippen LogP contribution in [0.5, 0.6) is 0 Å². The molecule has 0 bridgehead atoms. The molecule has 3 N–H and O–H groups in total. The number of nitrogen functional groups attached to an aromatic ring is 1. The van der Waals surface area contributed by atoms with Crippen LogP contribution in [-0.4, -0.2) is 16.6 Å². The van der Waals surface area contributed by atoms with Crippen molar-refractivity contribution in [3.63, 3.8) is 0 Å². The number of carbonyl (C=O) groups excluding carboxylic acids is 1. The van der Waals surface area contributed by atoms with Gasteiger partial charge < -0.3 is 15.5 Å². The number of anilines is 1. The summed E-state index contributed by atoms with van der Waals surface area (Å²) >= 11 is 1.42. The van der Waals surface area contributed by atoms with Crippen LogP contribution in [0.4, 0.5) is 5.82 Å². The zero-order chi connectivity index (χ0) is 13.7. The first-order valence-corrected chi connectivity index (χ1v) is 6.81. The molecule has 0 aliphatic rings. The smallest absolute Gasteiger partial charge is 0.230 e. The number of rotatable bonds is 5. The average Bonchev–Trinajstić information content (AvgIpc) is 2.92. The molecule has 0 saturated heterocycles. The van der Waals surface area contributed by atoms with Gasteiger partial charge in [-0.05, 0) is 31.2 Å². The maximum atomic E-state index is 11.8. The van der Waals surface area contributed by atoms with Gasteiger partial charge in [-0.25, -0.2) is 4.98 Å². The number of hydrogen-bond acceptors (Lipinski definition) is 5. The molecule has 19 heavy (non-hydrogen) atoms. The second kappa shape index (κ2) is 6.29. The minimum absolute atomic E-state index is 0.0503. The molecule has 0 aromatic carbocycles. The lowest BCUT2D eigenvalue weighted by molar-refractivity contribution is -0.119. The van der Waals surface area contributed by atoms with Gasteiger partial charge >= 0.3 is 0 Å². The Hall–Kier alpha value is -1.95. The van der Waals surface area contributed by atoms with Crippen molar-refractivity contribution in [1.29, 1.82) is 0 Å². The maximum absolute atomic E-state index is 11.8. The minimum atomic E-state index is -0.132. The number of thioether (sulfide) groups is 1. The second-order valence-electron chi connectivity index (χ2n) is 4.01. The van der Waals surface area contributed by atoms with Gasteiger partial charge in [0.15, 0.2) is 0 Å². The van der Waals surface area contributed by atoms with E-state index >= 15 is 0 Å². The third kappa shape index (κ3) is 4.03. The van der Waals surface area contributed by atoms with Crippen molar-refractivity contribution in [2.24, 2.45) is 0 Å². The normalized spacial score (nSPS) is 12.1. The molecule has 2 aromatic rings. The fourth-order valence-electron chi connectivity index (χ4n) is 1.52. The summed E-state index contributed by atoms with van der Waals surface area (Å²) in [6.45, 7) is 1.88. The predicted octanol–water partition coefficient (Wildman–Crippen LogP) is 2.23. The molecular formula is C13H15N3O2S. The molecule has 6 heteroatoms. The van der Waals surface area contributed by atoms with Gasteiger partial charge in [0.25, 0.3) is 0 Å². The van der Waals surface area contributed by atoms with Gasteiger partial charge in [-0.2, -0.15) is 0 Å². The molecule has 2 rings (SSSR count). The van der Waals surface area contributed by atoms with Gasteiger partial charge in [-0.15, -0.1) is 11.8 Å². The molecule has 100 valence electrons. The van der Waals surface area contributed by atoms with Crippen LogP contribution in [0.25, 0.3) is 0 Å². The average molecular weight is 277 g/mol. The number of nitrogens with zero attached hydrogens (tertiary/aromatic N) is 1. The van der Waals surface area contributed by atoms with Crippen LogP contribution in [0.15, 0.2) is 46.0 Å². The Balaban J connectivity index is 1.80. The van der Waals surface area contributed by atoms with Gasteiger partial charge in [-0.1, -0.05) is 0 Å². The molecule has 2 heterocycles. The van der Waals surface area contributed by atoms with Crippen LogP contribution in [-0.2, 0) is 4.79 Å². The number of aromatic nitrogens is 1. The number of furan rings is 1. The number of hydrogen-bond donors (Lipinski definition) is 2. The SMILES string of the molecule is CC(NC(=O)CSc1ccc(N)nc1)c1ccco1. The second-order valence-corrected chi connectivity index (χ2v) is 5.06. The van der Waals surface area contributed by atoms with Gasteiger partial charge in [-0.3, -0.25) is 4.79 Å². The molecule has 0 radical (unpaired) electrons. The van der Waals surface area contributed by atoms with Crippen LogP contribution in [0.1, 0.15) is 18.7 Å². The number of nitrogens with two attached hydrogens (primary N) is 1. The molecule has 2 aromatic heterocycles. The van der Waals surface area contributed by atoms with E-state index in [1.807, 2.05) is 19.1 Å². The van der Waals surface area contributed by atoms with Crippen LogP contribution in [0, 0.1) is 0 Å². The Labute approximate surface area is 115 Å². The number of amides is 1. The summed E-state index contributed by atoms with van der Waals surface area (Å²) in [5.74, 6) is 1.50. The highest BCUT2D eigenvalue weighted by molar-refractivity contribution is 8.00. The number of carbonyl (C=O) groups is 1. The summed E-state index contributed by atoms with van der Waals surface area (Å²) in [5, 5.41) is 2.87. The molecule has 0 spiro atoms. The van der Waals surface area contributed by atoms with Crippen LogP contribution in [0.3, 0.4) is 0 Å². The summed E-state index contributed by atoms with van der Waals surface area (Å²) < 4.78 is 5.23. The highest BCUT2D eigenvalue weighted by Gasteiger charge is 2.11. The van der Waals surface area contributed by atoms with Gasteiger partial charge in [0.05, 0.1) is 18.1 Å². The van der Waals surface area contributed by atoms with E-state index in [2.05, 4.69) is 10.3 Å². The van der Waals surface area contributed by atoms with E-state index in [1.165, 1.54) is 11.8 Å². The zero-order valence-electron chi connectivity index (χ0n) is 10.5. The van der Waals surface area contributed by atoms with E-state index in [-0.39, 0.29) is 11.9 Å². The topological polar surface area (TPSA) is 81.2 Å². The standard InChI is InChI=1S/C13H15N3O2S/c1-9(11-3-2-6-18-11)16-13(17)8-19-10-4-5-12(14)15-7-10/h2-7,9H,8H2,1H3,(H2,14,15)(H,16,17). The third-order valence-corrected chi connectivity index (χ3v) is 3.46. The summed E-state index contributed by atoms with van der Waals surface area (Å²) in [6.07, 6.45) is 3.25. The van der Waals surface area contributed by atoms with E-state index in [0.717, 1.165) is 10.7 Å². The van der Waals surface area contributed by atoms with Crippen molar-refractivity contribution >= 4 is 23.5 Å². The van der Waals surface area contributed by atoms with E-state index in [4.69, 9.17) is 10.2 Å². The van der Waals surface area contributed by atoms with Crippen LogP contribution < -0.4 is 11.1 Å². The first-order chi connectivity index (χ1) is 9.15. The Morgan fingerprint density at radius 2 is 2.37 bits per heavy atom.